The van der Waals surface area contributed by atoms with Crippen molar-refractivity contribution in [1.82, 2.24) is 15.5 Å². The number of anilines is 1. The van der Waals surface area contributed by atoms with Gasteiger partial charge in [-0.05, 0) is 55.7 Å². The monoisotopic (exact) mass is 490 g/mol. The molecule has 2 aromatic carbocycles. The van der Waals surface area contributed by atoms with Crippen molar-refractivity contribution < 1.29 is 19.1 Å². The van der Waals surface area contributed by atoms with Gasteiger partial charge in [0.25, 0.3) is 0 Å². The summed E-state index contributed by atoms with van der Waals surface area (Å²) < 4.78 is 5.40. The summed E-state index contributed by atoms with van der Waals surface area (Å²) in [4.78, 5) is 41.7. The zero-order chi connectivity index (χ0) is 25.7. The number of ether oxygens (including phenoxy) is 1. The van der Waals surface area contributed by atoms with Crippen molar-refractivity contribution in [3.05, 3.63) is 76.5 Å². The van der Waals surface area contributed by atoms with Crippen LogP contribution in [0.2, 0.25) is 0 Å². The maximum atomic E-state index is 13.1. The Balaban J connectivity index is 1.52. The molecule has 4 rings (SSSR count). The molecule has 190 valence electrons. The number of piperazine rings is 1. The molecule has 2 N–H and O–H groups in total. The Morgan fingerprint density at radius 3 is 2.22 bits per heavy atom. The maximum absolute atomic E-state index is 13.1. The van der Waals surface area contributed by atoms with Gasteiger partial charge in [-0.25, -0.2) is 9.59 Å². The van der Waals surface area contributed by atoms with Gasteiger partial charge >= 0.3 is 12.0 Å². The number of Topliss-reactive ketones (excluding diaryl/α,β-unsaturated/α-hetero) is 1. The van der Waals surface area contributed by atoms with E-state index >= 15 is 0 Å². The number of urea groups is 1. The third-order valence-electron chi connectivity index (χ3n) is 6.76. The molecule has 2 heterocycles. The Morgan fingerprint density at radius 1 is 0.972 bits per heavy atom. The molecule has 0 spiro atoms. The standard InChI is InChI=1S/C28H34N4O4/c1-4-20-6-8-22(9-7-20)26-25(27(34)36-5-2)24(29-28(35)30-26)18-31-14-16-32(17-15-31)23-12-10-21(11-13-23)19(3)33/h6-13,26H,4-5,14-18H2,1-3H3,(H2,29,30,35)/t26-/m1/s1. The van der Waals surface area contributed by atoms with Gasteiger partial charge in [0, 0.05) is 49.7 Å². The summed E-state index contributed by atoms with van der Waals surface area (Å²) in [5.41, 5.74) is 4.85. The zero-order valence-corrected chi connectivity index (χ0v) is 21.2. The van der Waals surface area contributed by atoms with Crippen LogP contribution in [0.1, 0.15) is 48.3 Å². The Hall–Kier alpha value is -3.65. The number of benzene rings is 2. The molecule has 1 fully saturated rings. The lowest BCUT2D eigenvalue weighted by atomic mass is 9.94. The molecule has 8 heteroatoms. The molecular formula is C28H34N4O4. The van der Waals surface area contributed by atoms with Crippen LogP contribution in [0, 0.1) is 0 Å². The van der Waals surface area contributed by atoms with Gasteiger partial charge in [0.1, 0.15) is 0 Å². The van der Waals surface area contributed by atoms with Crippen molar-refractivity contribution in [1.29, 1.82) is 0 Å². The zero-order valence-electron chi connectivity index (χ0n) is 21.2. The van der Waals surface area contributed by atoms with Crippen LogP contribution in [0.15, 0.2) is 59.8 Å². The largest absolute Gasteiger partial charge is 0.463 e. The van der Waals surface area contributed by atoms with Gasteiger partial charge in [-0.15, -0.1) is 0 Å². The Morgan fingerprint density at radius 2 is 1.64 bits per heavy atom. The van der Waals surface area contributed by atoms with Crippen LogP contribution < -0.4 is 15.5 Å². The Kier molecular flexibility index (Phi) is 8.05. The van der Waals surface area contributed by atoms with Crippen molar-refractivity contribution >= 4 is 23.5 Å². The van der Waals surface area contributed by atoms with Crippen molar-refractivity contribution in [3.63, 3.8) is 0 Å². The molecule has 0 bridgehead atoms. The van der Waals surface area contributed by atoms with Crippen LogP contribution in [0.4, 0.5) is 10.5 Å². The highest BCUT2D eigenvalue weighted by Gasteiger charge is 2.34. The van der Waals surface area contributed by atoms with E-state index in [0.717, 1.165) is 43.9 Å². The molecule has 0 radical (unpaired) electrons. The van der Waals surface area contributed by atoms with Crippen LogP contribution in [-0.2, 0) is 16.0 Å². The number of nitrogens with one attached hydrogen (secondary N) is 2. The second kappa shape index (κ2) is 11.4. The predicted molar refractivity (Wildman–Crippen MR) is 139 cm³/mol. The molecule has 2 amide bonds. The molecule has 0 aromatic heterocycles. The van der Waals surface area contributed by atoms with E-state index in [1.54, 1.807) is 13.8 Å². The fourth-order valence-corrected chi connectivity index (χ4v) is 4.68. The molecule has 2 aliphatic rings. The van der Waals surface area contributed by atoms with E-state index in [0.29, 0.717) is 23.4 Å². The van der Waals surface area contributed by atoms with Gasteiger partial charge in [-0.3, -0.25) is 9.69 Å². The smallest absolute Gasteiger partial charge is 0.338 e. The molecule has 1 saturated heterocycles. The normalized spacial score (nSPS) is 18.5. The number of nitrogens with zero attached hydrogens (tertiary/aromatic N) is 2. The molecule has 2 aliphatic heterocycles. The first kappa shape index (κ1) is 25.4. The van der Waals surface area contributed by atoms with E-state index in [9.17, 15) is 14.4 Å². The lowest BCUT2D eigenvalue weighted by Gasteiger charge is -2.38. The van der Waals surface area contributed by atoms with Crippen molar-refractivity contribution in [2.75, 3.05) is 44.2 Å². The van der Waals surface area contributed by atoms with Gasteiger partial charge in [0.05, 0.1) is 18.2 Å². The number of aryl methyl sites for hydroxylation is 1. The van der Waals surface area contributed by atoms with Gasteiger partial charge in [-0.1, -0.05) is 31.2 Å². The highest BCUT2D eigenvalue weighted by molar-refractivity contribution is 5.95. The highest BCUT2D eigenvalue weighted by atomic mass is 16.5. The summed E-state index contributed by atoms with van der Waals surface area (Å²) in [6.07, 6.45) is 0.914. The molecule has 0 unspecified atom stereocenters. The number of ketones is 1. The third kappa shape index (κ3) is 5.76. The van der Waals surface area contributed by atoms with Gasteiger partial charge in [-0.2, -0.15) is 0 Å². The molecule has 36 heavy (non-hydrogen) atoms. The fraction of sp³-hybridized carbons (Fsp3) is 0.393. The summed E-state index contributed by atoms with van der Waals surface area (Å²) in [6, 6.07) is 14.7. The fourth-order valence-electron chi connectivity index (χ4n) is 4.68. The molecule has 0 aliphatic carbocycles. The molecular weight excluding hydrogens is 456 g/mol. The van der Waals surface area contributed by atoms with E-state index in [1.165, 1.54) is 5.56 Å². The number of hydrogen-bond acceptors (Lipinski definition) is 6. The van der Waals surface area contributed by atoms with Gasteiger partial charge in [0.2, 0.25) is 0 Å². The molecule has 0 saturated carbocycles. The Labute approximate surface area is 212 Å². The average molecular weight is 491 g/mol. The molecule has 1 atom stereocenters. The van der Waals surface area contributed by atoms with E-state index in [-0.39, 0.29) is 18.4 Å². The number of carbonyl (C=O) groups excluding carboxylic acids is 3. The highest BCUT2D eigenvalue weighted by Crippen LogP contribution is 2.29. The maximum Gasteiger partial charge on any atom is 0.338 e. The number of carbonyl (C=O) groups is 3. The lowest BCUT2D eigenvalue weighted by molar-refractivity contribution is -0.139. The van der Waals surface area contributed by atoms with Crippen molar-refractivity contribution in [3.8, 4) is 0 Å². The minimum atomic E-state index is -0.570. The summed E-state index contributed by atoms with van der Waals surface area (Å²) in [5, 5.41) is 5.78. The molecule has 2 aromatic rings. The second-order valence-corrected chi connectivity index (χ2v) is 9.11. The van der Waals surface area contributed by atoms with Crippen molar-refractivity contribution in [2.24, 2.45) is 0 Å². The van der Waals surface area contributed by atoms with Crippen LogP contribution in [0.25, 0.3) is 0 Å². The van der Waals surface area contributed by atoms with Gasteiger partial charge < -0.3 is 20.3 Å². The first-order chi connectivity index (χ1) is 17.4. The number of hydrogen-bond donors (Lipinski definition) is 2. The van der Waals surface area contributed by atoms with E-state index in [4.69, 9.17) is 4.74 Å². The van der Waals surface area contributed by atoms with Crippen LogP contribution in [0.3, 0.4) is 0 Å². The van der Waals surface area contributed by atoms with Crippen molar-refractivity contribution in [2.45, 2.75) is 33.2 Å². The number of rotatable bonds is 8. The number of esters is 1. The summed E-state index contributed by atoms with van der Waals surface area (Å²) in [5.74, 6) is -0.366. The molecule has 8 nitrogen and oxygen atoms in total. The minimum Gasteiger partial charge on any atom is -0.463 e. The second-order valence-electron chi connectivity index (χ2n) is 9.11. The minimum absolute atomic E-state index is 0.0562. The predicted octanol–water partition coefficient (Wildman–Crippen LogP) is 3.44. The SMILES string of the molecule is CCOC(=O)C1=C(CN2CCN(c3ccc(C(C)=O)cc3)CC2)NC(=O)N[C@@H]1c1ccc(CC)cc1. The average Bonchev–Trinajstić information content (AvgIpc) is 2.89. The van der Waals surface area contributed by atoms with Gasteiger partial charge in [0.15, 0.2) is 5.78 Å². The first-order valence-corrected chi connectivity index (χ1v) is 12.5. The van der Waals surface area contributed by atoms with E-state index < -0.39 is 12.0 Å². The van der Waals surface area contributed by atoms with Crippen LogP contribution in [0.5, 0.6) is 0 Å². The summed E-state index contributed by atoms with van der Waals surface area (Å²) in [6.45, 7) is 9.28. The van der Waals surface area contributed by atoms with E-state index in [1.807, 2.05) is 48.5 Å². The lowest BCUT2D eigenvalue weighted by Crippen LogP contribution is -2.51. The van der Waals surface area contributed by atoms with Crippen LogP contribution in [-0.4, -0.2) is 62.0 Å². The summed E-state index contributed by atoms with van der Waals surface area (Å²) in [7, 11) is 0. The topological polar surface area (TPSA) is 91.0 Å². The van der Waals surface area contributed by atoms with E-state index in [2.05, 4.69) is 27.4 Å². The Bertz CT molecular complexity index is 1130. The quantitative estimate of drug-likeness (QED) is 0.435. The first-order valence-electron chi connectivity index (χ1n) is 12.5. The van der Waals surface area contributed by atoms with Crippen LogP contribution >= 0.6 is 0 Å². The third-order valence-corrected chi connectivity index (χ3v) is 6.76. The number of amides is 2. The summed E-state index contributed by atoms with van der Waals surface area (Å²) >= 11 is 0.